The Bertz CT molecular complexity index is 656. The van der Waals surface area contributed by atoms with Crippen LogP contribution in [0.2, 0.25) is 0 Å². The van der Waals surface area contributed by atoms with Gasteiger partial charge in [-0.15, -0.1) is 0 Å². The molecule has 0 spiro atoms. The number of hydrogen-bond acceptors (Lipinski definition) is 3. The molecule has 1 unspecified atom stereocenters. The molecular weight excluding hydrogens is 339 g/mol. The first-order valence-electron chi connectivity index (χ1n) is 7.50. The van der Waals surface area contributed by atoms with Crippen LogP contribution in [0.1, 0.15) is 40.2 Å². The van der Waals surface area contributed by atoms with Gasteiger partial charge in [-0.3, -0.25) is 4.79 Å². The van der Waals surface area contributed by atoms with E-state index in [0.29, 0.717) is 19.4 Å². The van der Waals surface area contributed by atoms with Crippen molar-refractivity contribution in [2.24, 2.45) is 0 Å². The van der Waals surface area contributed by atoms with Gasteiger partial charge in [-0.2, -0.15) is 24.5 Å². The van der Waals surface area contributed by atoms with Crippen LogP contribution in [-0.4, -0.2) is 24.2 Å². The summed E-state index contributed by atoms with van der Waals surface area (Å²) < 4.78 is 38.0. The monoisotopic (exact) mass is 357 g/mol. The minimum Gasteiger partial charge on any atom is -0.396 e. The van der Waals surface area contributed by atoms with Crippen LogP contribution < -0.4 is 5.32 Å². The molecule has 0 aliphatic rings. The van der Waals surface area contributed by atoms with E-state index in [1.165, 1.54) is 12.1 Å². The lowest BCUT2D eigenvalue weighted by Crippen LogP contribution is -2.26. The number of aliphatic hydroxyl groups is 1. The molecule has 2 rings (SSSR count). The molecular formula is C17H18F3NO2S. The highest BCUT2D eigenvalue weighted by Gasteiger charge is 2.30. The summed E-state index contributed by atoms with van der Waals surface area (Å²) in [7, 11) is 0. The largest absolute Gasteiger partial charge is 0.416 e. The van der Waals surface area contributed by atoms with Gasteiger partial charge in [0.15, 0.2) is 0 Å². The first-order valence-corrected chi connectivity index (χ1v) is 8.44. The van der Waals surface area contributed by atoms with Gasteiger partial charge >= 0.3 is 6.18 Å². The van der Waals surface area contributed by atoms with Crippen molar-refractivity contribution in [3.63, 3.8) is 0 Å². The van der Waals surface area contributed by atoms with Gasteiger partial charge in [-0.05, 0) is 59.3 Å². The fourth-order valence-corrected chi connectivity index (χ4v) is 3.18. The van der Waals surface area contributed by atoms with E-state index in [0.717, 1.165) is 17.7 Å². The van der Waals surface area contributed by atoms with Crippen molar-refractivity contribution in [2.75, 3.05) is 13.2 Å². The van der Waals surface area contributed by atoms with E-state index < -0.39 is 17.6 Å². The molecule has 1 aromatic carbocycles. The standard InChI is InChI=1S/C17H18F3NO2S/c18-17(19,20)15-3-1-2-13(10-15)16(23)21-7-4-12(5-8-22)14-6-9-24-11-14/h1-3,6,9-12,22H,4-5,7-8H2,(H,21,23). The number of nitrogens with one attached hydrogen (secondary N) is 1. The van der Waals surface area contributed by atoms with Crippen molar-refractivity contribution in [1.29, 1.82) is 0 Å². The van der Waals surface area contributed by atoms with Gasteiger partial charge in [-0.25, -0.2) is 0 Å². The van der Waals surface area contributed by atoms with E-state index in [-0.39, 0.29) is 18.1 Å². The second-order valence-corrected chi connectivity index (χ2v) is 6.17. The molecule has 2 aromatic rings. The Morgan fingerprint density at radius 1 is 1.25 bits per heavy atom. The summed E-state index contributed by atoms with van der Waals surface area (Å²) >= 11 is 1.56. The van der Waals surface area contributed by atoms with Crippen LogP contribution in [0.25, 0.3) is 0 Å². The highest BCUT2D eigenvalue weighted by molar-refractivity contribution is 7.07. The van der Waals surface area contributed by atoms with Gasteiger partial charge in [0, 0.05) is 18.7 Å². The molecule has 0 fully saturated rings. The third-order valence-corrected chi connectivity index (χ3v) is 4.42. The third-order valence-electron chi connectivity index (χ3n) is 3.72. The smallest absolute Gasteiger partial charge is 0.396 e. The third kappa shape index (κ3) is 5.07. The molecule has 0 bridgehead atoms. The summed E-state index contributed by atoms with van der Waals surface area (Å²) in [6.07, 6.45) is -3.28. The number of rotatable bonds is 7. The topological polar surface area (TPSA) is 49.3 Å². The lowest BCUT2D eigenvalue weighted by molar-refractivity contribution is -0.137. The van der Waals surface area contributed by atoms with E-state index in [4.69, 9.17) is 5.11 Å². The fourth-order valence-electron chi connectivity index (χ4n) is 2.44. The zero-order valence-electron chi connectivity index (χ0n) is 12.8. The highest BCUT2D eigenvalue weighted by Crippen LogP contribution is 2.29. The highest BCUT2D eigenvalue weighted by atomic mass is 32.1. The number of benzene rings is 1. The van der Waals surface area contributed by atoms with E-state index >= 15 is 0 Å². The summed E-state index contributed by atoms with van der Waals surface area (Å²) in [5.41, 5.74) is 0.244. The maximum absolute atomic E-state index is 12.7. The normalized spacial score (nSPS) is 12.8. The van der Waals surface area contributed by atoms with Crippen LogP contribution in [0.5, 0.6) is 0 Å². The van der Waals surface area contributed by atoms with Crippen LogP contribution in [0.3, 0.4) is 0 Å². The van der Waals surface area contributed by atoms with Crippen LogP contribution in [0.4, 0.5) is 13.2 Å². The van der Waals surface area contributed by atoms with Crippen molar-refractivity contribution in [1.82, 2.24) is 5.32 Å². The SMILES string of the molecule is O=C(NCCC(CCO)c1ccsc1)c1cccc(C(F)(F)F)c1. The van der Waals surface area contributed by atoms with Crippen LogP contribution >= 0.6 is 11.3 Å². The minimum absolute atomic E-state index is 0.0148. The summed E-state index contributed by atoms with van der Waals surface area (Å²) in [6.45, 7) is 0.373. The first-order chi connectivity index (χ1) is 11.4. The number of carbonyl (C=O) groups is 1. The molecule has 0 saturated heterocycles. The number of halogens is 3. The lowest BCUT2D eigenvalue weighted by atomic mass is 9.95. The molecule has 1 heterocycles. The summed E-state index contributed by atoms with van der Waals surface area (Å²) in [4.78, 5) is 12.0. The van der Waals surface area contributed by atoms with E-state index in [1.807, 2.05) is 16.8 Å². The quantitative estimate of drug-likeness (QED) is 0.785. The van der Waals surface area contributed by atoms with E-state index in [9.17, 15) is 18.0 Å². The molecule has 1 aromatic heterocycles. The summed E-state index contributed by atoms with van der Waals surface area (Å²) in [6, 6.07) is 6.33. The van der Waals surface area contributed by atoms with E-state index in [1.54, 1.807) is 11.3 Å². The number of aliphatic hydroxyl groups excluding tert-OH is 1. The van der Waals surface area contributed by atoms with Crippen molar-refractivity contribution in [2.45, 2.75) is 24.9 Å². The Morgan fingerprint density at radius 2 is 2.04 bits per heavy atom. The average Bonchev–Trinajstić information content (AvgIpc) is 3.07. The maximum atomic E-state index is 12.7. The average molecular weight is 357 g/mol. The number of hydrogen-bond donors (Lipinski definition) is 2. The zero-order valence-corrected chi connectivity index (χ0v) is 13.7. The van der Waals surface area contributed by atoms with Crippen LogP contribution in [0, 0.1) is 0 Å². The summed E-state index contributed by atoms with van der Waals surface area (Å²) in [5, 5.41) is 15.7. The number of thiophene rings is 1. The van der Waals surface area contributed by atoms with Crippen LogP contribution in [-0.2, 0) is 6.18 Å². The molecule has 7 heteroatoms. The molecule has 24 heavy (non-hydrogen) atoms. The van der Waals surface area contributed by atoms with Gasteiger partial charge in [0.25, 0.3) is 5.91 Å². The molecule has 1 atom stereocenters. The fraction of sp³-hybridized carbons (Fsp3) is 0.353. The van der Waals surface area contributed by atoms with Crippen LogP contribution in [0.15, 0.2) is 41.1 Å². The Hall–Kier alpha value is -1.86. The second kappa shape index (κ2) is 8.30. The van der Waals surface area contributed by atoms with Crippen molar-refractivity contribution < 1.29 is 23.1 Å². The van der Waals surface area contributed by atoms with E-state index in [2.05, 4.69) is 5.32 Å². The van der Waals surface area contributed by atoms with Gasteiger partial charge in [0.05, 0.1) is 5.56 Å². The number of carbonyl (C=O) groups excluding carboxylic acids is 1. The Balaban J connectivity index is 1.93. The zero-order chi connectivity index (χ0) is 17.6. The Labute approximate surface area is 142 Å². The van der Waals surface area contributed by atoms with Crippen molar-refractivity contribution >= 4 is 17.2 Å². The number of alkyl halides is 3. The van der Waals surface area contributed by atoms with Crippen molar-refractivity contribution in [3.8, 4) is 0 Å². The molecule has 2 N–H and O–H groups in total. The van der Waals surface area contributed by atoms with Crippen molar-refractivity contribution in [3.05, 3.63) is 57.8 Å². The molecule has 0 aliphatic heterocycles. The first kappa shape index (κ1) is 18.5. The molecule has 1 amide bonds. The second-order valence-electron chi connectivity index (χ2n) is 5.39. The predicted octanol–water partition coefficient (Wildman–Crippen LogP) is 4.05. The summed E-state index contributed by atoms with van der Waals surface area (Å²) in [5.74, 6) is -0.419. The Morgan fingerprint density at radius 3 is 2.67 bits per heavy atom. The number of amides is 1. The maximum Gasteiger partial charge on any atom is 0.416 e. The van der Waals surface area contributed by atoms with Gasteiger partial charge in [0.2, 0.25) is 0 Å². The Kier molecular flexibility index (Phi) is 6.39. The van der Waals surface area contributed by atoms with Gasteiger partial charge in [0.1, 0.15) is 0 Å². The predicted molar refractivity (Wildman–Crippen MR) is 87.2 cm³/mol. The molecule has 3 nitrogen and oxygen atoms in total. The molecule has 0 saturated carbocycles. The molecule has 130 valence electrons. The molecule has 0 radical (unpaired) electrons. The molecule has 0 aliphatic carbocycles. The lowest BCUT2D eigenvalue weighted by Gasteiger charge is -2.15. The van der Waals surface area contributed by atoms with Gasteiger partial charge in [-0.1, -0.05) is 6.07 Å². The van der Waals surface area contributed by atoms with Gasteiger partial charge < -0.3 is 10.4 Å². The minimum atomic E-state index is -4.47.